The van der Waals surface area contributed by atoms with Crippen molar-refractivity contribution in [3.63, 3.8) is 0 Å². The fourth-order valence-corrected chi connectivity index (χ4v) is 3.74. The van der Waals surface area contributed by atoms with Gasteiger partial charge in [0.25, 0.3) is 0 Å². The average molecular weight is 246 g/mol. The maximum atomic E-state index is 4.35. The Hall–Kier alpha value is -1.05. The Bertz CT molecular complexity index is 388. The molecule has 0 unspecified atom stereocenters. The van der Waals surface area contributed by atoms with Crippen LogP contribution < -0.4 is 5.32 Å². The first kappa shape index (κ1) is 13.4. The van der Waals surface area contributed by atoms with Crippen molar-refractivity contribution in [2.24, 2.45) is 10.8 Å². The third kappa shape index (κ3) is 3.47. The number of anilines is 1. The summed E-state index contributed by atoms with van der Waals surface area (Å²) in [5.41, 5.74) is 3.08. The monoisotopic (exact) mass is 246 g/mol. The van der Waals surface area contributed by atoms with E-state index in [9.17, 15) is 0 Å². The normalized spacial score (nSPS) is 22.7. The van der Waals surface area contributed by atoms with Crippen LogP contribution in [0.15, 0.2) is 18.3 Å². The van der Waals surface area contributed by atoms with Crippen LogP contribution in [0.2, 0.25) is 0 Å². The van der Waals surface area contributed by atoms with Crippen LogP contribution in [0.3, 0.4) is 0 Å². The number of aromatic nitrogens is 1. The molecule has 18 heavy (non-hydrogen) atoms. The molecule has 1 heterocycles. The largest absolute Gasteiger partial charge is 0.381 e. The van der Waals surface area contributed by atoms with Crippen molar-refractivity contribution in [3.8, 4) is 0 Å². The SMILES string of the molecule is Cc1ccc(NC2CC(C)(C)CC(C)(C)C2)cn1. The number of aryl methyl sites for hydroxylation is 1. The Morgan fingerprint density at radius 3 is 2.22 bits per heavy atom. The van der Waals surface area contributed by atoms with Crippen LogP contribution in [0.25, 0.3) is 0 Å². The Labute approximate surface area is 111 Å². The Balaban J connectivity index is 2.07. The van der Waals surface area contributed by atoms with Gasteiger partial charge in [-0.25, -0.2) is 0 Å². The number of pyridine rings is 1. The summed E-state index contributed by atoms with van der Waals surface area (Å²) < 4.78 is 0. The molecular weight excluding hydrogens is 220 g/mol. The molecule has 0 saturated heterocycles. The van der Waals surface area contributed by atoms with Crippen molar-refractivity contribution >= 4 is 5.69 Å². The predicted molar refractivity (Wildman–Crippen MR) is 77.8 cm³/mol. The number of rotatable bonds is 2. The van der Waals surface area contributed by atoms with Gasteiger partial charge in [0.1, 0.15) is 0 Å². The predicted octanol–water partition coefficient (Wildman–Crippen LogP) is 4.41. The van der Waals surface area contributed by atoms with Gasteiger partial charge in [-0.05, 0) is 49.1 Å². The summed E-state index contributed by atoms with van der Waals surface area (Å²) in [6.45, 7) is 11.6. The van der Waals surface area contributed by atoms with E-state index in [1.807, 2.05) is 13.1 Å². The minimum absolute atomic E-state index is 0.428. The second kappa shape index (κ2) is 4.56. The highest BCUT2D eigenvalue weighted by Gasteiger charge is 2.38. The third-order valence-electron chi connectivity index (χ3n) is 3.84. The van der Waals surface area contributed by atoms with Gasteiger partial charge in [0, 0.05) is 11.7 Å². The second-order valence-electron chi connectivity index (χ2n) is 7.44. The number of hydrogen-bond acceptors (Lipinski definition) is 2. The van der Waals surface area contributed by atoms with E-state index in [0.717, 1.165) is 11.4 Å². The molecule has 0 bridgehead atoms. The van der Waals surface area contributed by atoms with E-state index in [0.29, 0.717) is 16.9 Å². The zero-order valence-electron chi connectivity index (χ0n) is 12.4. The van der Waals surface area contributed by atoms with Crippen molar-refractivity contribution in [2.75, 3.05) is 5.32 Å². The van der Waals surface area contributed by atoms with E-state index in [2.05, 4.69) is 50.1 Å². The summed E-state index contributed by atoms with van der Waals surface area (Å²) >= 11 is 0. The van der Waals surface area contributed by atoms with Gasteiger partial charge in [-0.15, -0.1) is 0 Å². The molecule has 2 nitrogen and oxygen atoms in total. The summed E-state index contributed by atoms with van der Waals surface area (Å²) in [4.78, 5) is 4.35. The van der Waals surface area contributed by atoms with E-state index in [1.54, 1.807) is 0 Å². The quantitative estimate of drug-likeness (QED) is 0.836. The molecule has 1 aromatic rings. The van der Waals surface area contributed by atoms with Crippen LogP contribution in [0.1, 0.15) is 52.7 Å². The van der Waals surface area contributed by atoms with Crippen LogP contribution in [-0.2, 0) is 0 Å². The molecule has 0 radical (unpaired) electrons. The van der Waals surface area contributed by atoms with E-state index in [1.165, 1.54) is 19.3 Å². The molecule has 1 N–H and O–H groups in total. The summed E-state index contributed by atoms with van der Waals surface area (Å²) in [7, 11) is 0. The third-order valence-corrected chi connectivity index (χ3v) is 3.84. The summed E-state index contributed by atoms with van der Waals surface area (Å²) in [6, 6.07) is 4.77. The number of nitrogens with one attached hydrogen (secondary N) is 1. The number of nitrogens with zero attached hydrogens (tertiary/aromatic N) is 1. The van der Waals surface area contributed by atoms with Crippen LogP contribution >= 0.6 is 0 Å². The molecule has 1 fully saturated rings. The molecule has 0 atom stereocenters. The fraction of sp³-hybridized carbons (Fsp3) is 0.688. The Morgan fingerprint density at radius 1 is 1.11 bits per heavy atom. The Morgan fingerprint density at radius 2 is 1.72 bits per heavy atom. The first-order valence-corrected chi connectivity index (χ1v) is 6.95. The van der Waals surface area contributed by atoms with E-state index in [-0.39, 0.29) is 0 Å². The molecule has 2 rings (SSSR count). The van der Waals surface area contributed by atoms with Crippen LogP contribution in [-0.4, -0.2) is 11.0 Å². The standard InChI is InChI=1S/C16H26N2/c1-12-6-7-13(10-17-12)18-14-8-15(2,3)11-16(4,5)9-14/h6-7,10,14,18H,8-9,11H2,1-5H3. The molecule has 100 valence electrons. The van der Waals surface area contributed by atoms with Gasteiger partial charge in [0.05, 0.1) is 11.9 Å². The molecule has 2 heteroatoms. The number of hydrogen-bond donors (Lipinski definition) is 1. The summed E-state index contributed by atoms with van der Waals surface area (Å²) in [6.07, 6.45) is 5.74. The zero-order valence-corrected chi connectivity index (χ0v) is 12.4. The molecule has 1 aromatic heterocycles. The van der Waals surface area contributed by atoms with Gasteiger partial charge in [0.15, 0.2) is 0 Å². The van der Waals surface area contributed by atoms with Crippen LogP contribution in [0.5, 0.6) is 0 Å². The lowest BCUT2D eigenvalue weighted by atomic mass is 9.63. The highest BCUT2D eigenvalue weighted by Crippen LogP contribution is 2.46. The van der Waals surface area contributed by atoms with Crippen molar-refractivity contribution in [3.05, 3.63) is 24.0 Å². The lowest BCUT2D eigenvalue weighted by Gasteiger charge is -2.45. The van der Waals surface area contributed by atoms with E-state index < -0.39 is 0 Å². The second-order valence-corrected chi connectivity index (χ2v) is 7.44. The Kier molecular flexibility index (Phi) is 3.39. The summed E-state index contributed by atoms with van der Waals surface area (Å²) in [5.74, 6) is 0. The van der Waals surface area contributed by atoms with Crippen molar-refractivity contribution < 1.29 is 0 Å². The van der Waals surface area contributed by atoms with Gasteiger partial charge in [-0.1, -0.05) is 27.7 Å². The highest BCUT2D eigenvalue weighted by molar-refractivity contribution is 5.42. The van der Waals surface area contributed by atoms with Gasteiger partial charge in [-0.3, -0.25) is 4.98 Å². The van der Waals surface area contributed by atoms with Crippen LogP contribution in [0.4, 0.5) is 5.69 Å². The van der Waals surface area contributed by atoms with Gasteiger partial charge < -0.3 is 5.32 Å². The van der Waals surface area contributed by atoms with Crippen LogP contribution in [0, 0.1) is 17.8 Å². The molecule has 1 saturated carbocycles. The maximum Gasteiger partial charge on any atom is 0.0529 e. The van der Waals surface area contributed by atoms with Gasteiger partial charge >= 0.3 is 0 Å². The first-order chi connectivity index (χ1) is 8.26. The lowest BCUT2D eigenvalue weighted by Crippen LogP contribution is -2.40. The van der Waals surface area contributed by atoms with Crippen molar-refractivity contribution in [1.82, 2.24) is 4.98 Å². The minimum Gasteiger partial charge on any atom is -0.381 e. The molecule has 0 aromatic carbocycles. The first-order valence-electron chi connectivity index (χ1n) is 6.95. The fourth-order valence-electron chi connectivity index (χ4n) is 3.74. The molecule has 0 spiro atoms. The highest BCUT2D eigenvalue weighted by atomic mass is 14.9. The smallest absolute Gasteiger partial charge is 0.0529 e. The maximum absolute atomic E-state index is 4.35. The van der Waals surface area contributed by atoms with E-state index in [4.69, 9.17) is 0 Å². The molecule has 0 aliphatic heterocycles. The summed E-state index contributed by atoms with van der Waals surface area (Å²) in [5, 5.41) is 3.66. The zero-order chi connectivity index (χ0) is 13.4. The average Bonchev–Trinajstić information content (AvgIpc) is 2.16. The van der Waals surface area contributed by atoms with Crippen molar-refractivity contribution in [2.45, 2.75) is 59.9 Å². The molecule has 1 aliphatic carbocycles. The molecule has 0 amide bonds. The molecular formula is C16H26N2. The lowest BCUT2D eigenvalue weighted by molar-refractivity contribution is 0.105. The van der Waals surface area contributed by atoms with Crippen molar-refractivity contribution in [1.29, 1.82) is 0 Å². The minimum atomic E-state index is 0.428. The van der Waals surface area contributed by atoms with E-state index >= 15 is 0 Å². The topological polar surface area (TPSA) is 24.9 Å². The van der Waals surface area contributed by atoms with Gasteiger partial charge in [0.2, 0.25) is 0 Å². The molecule has 1 aliphatic rings. The van der Waals surface area contributed by atoms with Gasteiger partial charge in [-0.2, -0.15) is 0 Å².